The number of aryl methyl sites for hydroxylation is 1. The van der Waals surface area contributed by atoms with Crippen LogP contribution >= 0.6 is 0 Å². The minimum absolute atomic E-state index is 0.103. The first-order valence-corrected chi connectivity index (χ1v) is 10.2. The van der Waals surface area contributed by atoms with E-state index in [4.69, 9.17) is 14.2 Å². The number of carbonyl (C=O) groups excluding carboxylic acids is 2. The number of anilines is 1. The number of benzene rings is 1. The minimum atomic E-state index is -0.743. The van der Waals surface area contributed by atoms with Crippen molar-refractivity contribution in [1.29, 1.82) is 0 Å². The van der Waals surface area contributed by atoms with Gasteiger partial charge in [-0.25, -0.2) is 9.78 Å². The summed E-state index contributed by atoms with van der Waals surface area (Å²) in [5.41, 5.74) is 1.43. The van der Waals surface area contributed by atoms with Crippen molar-refractivity contribution in [3.05, 3.63) is 52.9 Å². The third kappa shape index (κ3) is 5.05. The van der Waals surface area contributed by atoms with Crippen molar-refractivity contribution in [3.8, 4) is 16.9 Å². The quantitative estimate of drug-likeness (QED) is 0.422. The molecule has 0 aliphatic rings. The van der Waals surface area contributed by atoms with E-state index in [-0.39, 0.29) is 23.8 Å². The zero-order valence-electron chi connectivity index (χ0n) is 18.2. The van der Waals surface area contributed by atoms with E-state index in [2.05, 4.69) is 10.3 Å². The van der Waals surface area contributed by atoms with Crippen molar-refractivity contribution in [2.45, 2.75) is 26.8 Å². The average Bonchev–Trinajstić information content (AvgIpc) is 2.79. The number of amides is 1. The SMILES string of the molecule is CCn1c(=O)c(NC(=O)OC)c(-c2cccc(OCCCOC(C)=O)c2)c2cccnc21. The summed E-state index contributed by atoms with van der Waals surface area (Å²) in [6.45, 7) is 4.20. The normalized spacial score (nSPS) is 10.6. The number of rotatable bonds is 8. The van der Waals surface area contributed by atoms with Gasteiger partial charge in [0.2, 0.25) is 0 Å². The third-order valence-electron chi connectivity index (χ3n) is 4.73. The highest BCUT2D eigenvalue weighted by Crippen LogP contribution is 2.34. The summed E-state index contributed by atoms with van der Waals surface area (Å²) in [4.78, 5) is 40.5. The molecule has 32 heavy (non-hydrogen) atoms. The van der Waals surface area contributed by atoms with Gasteiger partial charge in [-0.05, 0) is 36.8 Å². The number of nitrogens with zero attached hydrogens (tertiary/aromatic N) is 2. The molecule has 0 spiro atoms. The first-order chi connectivity index (χ1) is 15.5. The molecule has 9 heteroatoms. The molecule has 2 heterocycles. The first-order valence-electron chi connectivity index (χ1n) is 10.2. The van der Waals surface area contributed by atoms with Crippen molar-refractivity contribution in [1.82, 2.24) is 9.55 Å². The molecule has 0 saturated heterocycles. The number of ether oxygens (including phenoxy) is 3. The second kappa shape index (κ2) is 10.4. The van der Waals surface area contributed by atoms with Gasteiger partial charge in [-0.15, -0.1) is 0 Å². The molecule has 3 rings (SSSR count). The van der Waals surface area contributed by atoms with Gasteiger partial charge in [0.15, 0.2) is 0 Å². The molecule has 9 nitrogen and oxygen atoms in total. The highest BCUT2D eigenvalue weighted by molar-refractivity contribution is 6.03. The number of hydrogen-bond donors (Lipinski definition) is 1. The standard InChI is InChI=1S/C23H25N3O6/c1-4-26-21-18(10-6-11-24-21)19(20(22(26)28)25-23(29)30-3)16-8-5-9-17(14-16)32-13-7-12-31-15(2)27/h5-6,8-11,14H,4,7,12-13H2,1-3H3,(H,25,29). The molecule has 3 aromatic rings. The lowest BCUT2D eigenvalue weighted by molar-refractivity contribution is -0.141. The number of nitrogens with one attached hydrogen (secondary N) is 1. The first kappa shape index (κ1) is 22.8. The van der Waals surface area contributed by atoms with Gasteiger partial charge < -0.3 is 14.2 Å². The van der Waals surface area contributed by atoms with Gasteiger partial charge in [0.05, 0.1) is 20.3 Å². The lowest BCUT2D eigenvalue weighted by Crippen LogP contribution is -2.27. The van der Waals surface area contributed by atoms with Crippen LogP contribution in [0, 0.1) is 0 Å². The van der Waals surface area contributed by atoms with Crippen molar-refractivity contribution in [3.63, 3.8) is 0 Å². The number of carbonyl (C=O) groups is 2. The van der Waals surface area contributed by atoms with Gasteiger partial charge >= 0.3 is 12.1 Å². The Morgan fingerprint density at radius 3 is 2.69 bits per heavy atom. The van der Waals surface area contributed by atoms with Crippen LogP contribution in [-0.4, -0.2) is 41.9 Å². The highest BCUT2D eigenvalue weighted by Gasteiger charge is 2.20. The second-order valence-corrected chi connectivity index (χ2v) is 6.86. The molecule has 168 valence electrons. The molecule has 0 aliphatic heterocycles. The summed E-state index contributed by atoms with van der Waals surface area (Å²) in [6, 6.07) is 10.8. The molecule has 0 saturated carbocycles. The second-order valence-electron chi connectivity index (χ2n) is 6.86. The molecule has 0 aliphatic carbocycles. The van der Waals surface area contributed by atoms with E-state index in [0.717, 1.165) is 0 Å². The summed E-state index contributed by atoms with van der Waals surface area (Å²) >= 11 is 0. The Hall–Kier alpha value is -3.88. The molecular weight excluding hydrogens is 414 g/mol. The fraction of sp³-hybridized carbons (Fsp3) is 0.304. The van der Waals surface area contributed by atoms with Crippen LogP contribution in [0.15, 0.2) is 47.4 Å². The number of pyridine rings is 2. The minimum Gasteiger partial charge on any atom is -0.493 e. The van der Waals surface area contributed by atoms with Gasteiger partial charge in [-0.1, -0.05) is 12.1 Å². The average molecular weight is 439 g/mol. The Balaban J connectivity index is 2.05. The van der Waals surface area contributed by atoms with Gasteiger partial charge in [0, 0.05) is 37.0 Å². The predicted octanol–water partition coefficient (Wildman–Crippen LogP) is 3.59. The molecule has 0 radical (unpaired) electrons. The summed E-state index contributed by atoms with van der Waals surface area (Å²) in [5.74, 6) is 0.242. The van der Waals surface area contributed by atoms with Crippen LogP contribution < -0.4 is 15.6 Å². The van der Waals surface area contributed by atoms with Crippen LogP contribution in [0.25, 0.3) is 22.2 Å². The van der Waals surface area contributed by atoms with Crippen LogP contribution in [0.2, 0.25) is 0 Å². The van der Waals surface area contributed by atoms with Crippen LogP contribution in [0.5, 0.6) is 5.75 Å². The van der Waals surface area contributed by atoms with E-state index >= 15 is 0 Å². The van der Waals surface area contributed by atoms with Crippen LogP contribution in [0.1, 0.15) is 20.3 Å². The molecule has 0 unspecified atom stereocenters. The maximum Gasteiger partial charge on any atom is 0.411 e. The number of methoxy groups -OCH3 is 1. The molecule has 1 N–H and O–H groups in total. The largest absolute Gasteiger partial charge is 0.493 e. The van der Waals surface area contributed by atoms with E-state index in [1.807, 2.05) is 19.1 Å². The van der Waals surface area contributed by atoms with Crippen molar-refractivity contribution >= 4 is 28.8 Å². The Labute approximate surface area is 184 Å². The third-order valence-corrected chi connectivity index (χ3v) is 4.73. The molecular formula is C23H25N3O6. The summed E-state index contributed by atoms with van der Waals surface area (Å²) in [6.07, 6.45) is 1.42. The Morgan fingerprint density at radius 1 is 1.16 bits per heavy atom. The van der Waals surface area contributed by atoms with Crippen molar-refractivity contribution < 1.29 is 23.8 Å². The maximum absolute atomic E-state index is 13.2. The molecule has 1 amide bonds. The zero-order chi connectivity index (χ0) is 23.1. The molecule has 1 aromatic carbocycles. The van der Waals surface area contributed by atoms with Crippen LogP contribution in [-0.2, 0) is 20.8 Å². The smallest absolute Gasteiger partial charge is 0.411 e. The Bertz CT molecular complexity index is 1190. The van der Waals surface area contributed by atoms with E-state index in [1.54, 1.807) is 30.5 Å². The van der Waals surface area contributed by atoms with E-state index < -0.39 is 6.09 Å². The van der Waals surface area contributed by atoms with Gasteiger partial charge in [-0.3, -0.25) is 19.5 Å². The van der Waals surface area contributed by atoms with Gasteiger partial charge in [0.25, 0.3) is 5.56 Å². The topological polar surface area (TPSA) is 109 Å². The number of hydrogen-bond acceptors (Lipinski definition) is 7. The fourth-order valence-corrected chi connectivity index (χ4v) is 3.35. The lowest BCUT2D eigenvalue weighted by atomic mass is 10.00. The van der Waals surface area contributed by atoms with Crippen LogP contribution in [0.3, 0.4) is 0 Å². The molecule has 0 fully saturated rings. The van der Waals surface area contributed by atoms with Crippen molar-refractivity contribution in [2.24, 2.45) is 0 Å². The zero-order valence-corrected chi connectivity index (χ0v) is 18.2. The fourth-order valence-electron chi connectivity index (χ4n) is 3.35. The van der Waals surface area contributed by atoms with E-state index in [9.17, 15) is 14.4 Å². The number of fused-ring (bicyclic) bond motifs is 1. The van der Waals surface area contributed by atoms with Crippen LogP contribution in [0.4, 0.5) is 10.5 Å². The Kier molecular flexibility index (Phi) is 7.43. The predicted molar refractivity (Wildman–Crippen MR) is 120 cm³/mol. The molecule has 0 bridgehead atoms. The summed E-state index contributed by atoms with van der Waals surface area (Å²) in [5, 5.41) is 3.27. The van der Waals surface area contributed by atoms with Crippen molar-refractivity contribution in [2.75, 3.05) is 25.6 Å². The maximum atomic E-state index is 13.2. The Morgan fingerprint density at radius 2 is 1.97 bits per heavy atom. The number of aromatic nitrogens is 2. The van der Waals surface area contributed by atoms with Gasteiger partial charge in [0.1, 0.15) is 17.1 Å². The highest BCUT2D eigenvalue weighted by atomic mass is 16.5. The summed E-state index contributed by atoms with van der Waals surface area (Å²) < 4.78 is 16.9. The number of esters is 1. The molecule has 0 atom stereocenters. The monoisotopic (exact) mass is 439 g/mol. The molecule has 2 aromatic heterocycles. The lowest BCUT2D eigenvalue weighted by Gasteiger charge is -2.17. The van der Waals surface area contributed by atoms with Gasteiger partial charge in [-0.2, -0.15) is 0 Å². The summed E-state index contributed by atoms with van der Waals surface area (Å²) in [7, 11) is 1.24. The van der Waals surface area contributed by atoms with E-state index in [0.29, 0.717) is 47.5 Å². The van der Waals surface area contributed by atoms with E-state index in [1.165, 1.54) is 18.6 Å².